The molecule has 2 aliphatic heterocycles. The molecule has 5 heteroatoms. The second kappa shape index (κ2) is 3.88. The van der Waals surface area contributed by atoms with E-state index in [2.05, 4.69) is 10.1 Å². The van der Waals surface area contributed by atoms with Gasteiger partial charge in [0.15, 0.2) is 0 Å². The van der Waals surface area contributed by atoms with E-state index < -0.39 is 0 Å². The minimum atomic E-state index is 0.217. The first-order chi connectivity index (χ1) is 8.36. The van der Waals surface area contributed by atoms with Crippen molar-refractivity contribution in [1.82, 2.24) is 5.06 Å². The van der Waals surface area contributed by atoms with Gasteiger partial charge in [-0.3, -0.25) is 10.2 Å². The van der Waals surface area contributed by atoms with Crippen molar-refractivity contribution < 1.29 is 10.0 Å². The highest BCUT2D eigenvalue weighted by Crippen LogP contribution is 2.23. The molecule has 0 aliphatic carbocycles. The highest BCUT2D eigenvalue weighted by atomic mass is 16.7. The number of hydroxylamine groups is 2. The number of benzene rings is 1. The van der Waals surface area contributed by atoms with Crippen LogP contribution in [0.3, 0.4) is 0 Å². The summed E-state index contributed by atoms with van der Waals surface area (Å²) in [6, 6.07) is 9.30. The summed E-state index contributed by atoms with van der Waals surface area (Å²) in [6.07, 6.45) is 5.13. The van der Waals surface area contributed by atoms with Crippen molar-refractivity contribution >= 4 is 12.1 Å². The van der Waals surface area contributed by atoms with Crippen LogP contribution < -0.4 is 0 Å². The van der Waals surface area contributed by atoms with Gasteiger partial charge in [0, 0.05) is 11.8 Å². The number of oxime groups is 1. The van der Waals surface area contributed by atoms with Crippen molar-refractivity contribution in [2.45, 2.75) is 0 Å². The highest BCUT2D eigenvalue weighted by Gasteiger charge is 2.27. The summed E-state index contributed by atoms with van der Waals surface area (Å²) >= 11 is 0. The van der Waals surface area contributed by atoms with E-state index in [9.17, 15) is 5.21 Å². The zero-order chi connectivity index (χ0) is 11.7. The number of nitrogens with zero attached hydrogens (tertiary/aromatic N) is 3. The number of hydrogen-bond donors (Lipinski definition) is 1. The Balaban J connectivity index is 1.95. The van der Waals surface area contributed by atoms with Gasteiger partial charge in [0.25, 0.3) is 5.88 Å². The van der Waals surface area contributed by atoms with Crippen LogP contribution in [0.5, 0.6) is 0 Å². The van der Waals surface area contributed by atoms with Crippen LogP contribution in [0.25, 0.3) is 0 Å². The van der Waals surface area contributed by atoms with Gasteiger partial charge < -0.3 is 4.84 Å². The van der Waals surface area contributed by atoms with E-state index in [0.717, 1.165) is 10.6 Å². The zero-order valence-electron chi connectivity index (χ0n) is 8.82. The molecule has 0 fully saturated rings. The molecule has 3 rings (SSSR count). The fraction of sp³-hybridized carbons (Fsp3) is 0. The lowest BCUT2D eigenvalue weighted by molar-refractivity contribution is -0.0163. The van der Waals surface area contributed by atoms with Gasteiger partial charge in [-0.05, 0) is 12.2 Å². The van der Waals surface area contributed by atoms with E-state index >= 15 is 0 Å². The van der Waals surface area contributed by atoms with Crippen molar-refractivity contribution in [2.75, 3.05) is 0 Å². The lowest BCUT2D eigenvalue weighted by atomic mass is 10.2. The van der Waals surface area contributed by atoms with Gasteiger partial charge >= 0.3 is 0 Å². The van der Waals surface area contributed by atoms with Gasteiger partial charge in [-0.2, -0.15) is 5.06 Å². The zero-order valence-corrected chi connectivity index (χ0v) is 8.82. The third-order valence-electron chi connectivity index (χ3n) is 2.42. The van der Waals surface area contributed by atoms with Crippen LogP contribution in [-0.4, -0.2) is 22.3 Å². The largest absolute Gasteiger partial charge is 0.331 e. The van der Waals surface area contributed by atoms with E-state index in [1.165, 1.54) is 0 Å². The molecule has 0 saturated heterocycles. The number of rotatable bonds is 1. The van der Waals surface area contributed by atoms with E-state index in [0.29, 0.717) is 11.5 Å². The third-order valence-corrected chi connectivity index (χ3v) is 2.42. The number of amidine groups is 1. The molecule has 1 aromatic carbocycles. The average Bonchev–Trinajstić information content (AvgIpc) is 2.99. The topological polar surface area (TPSA) is 57.4 Å². The van der Waals surface area contributed by atoms with Gasteiger partial charge in [0.1, 0.15) is 5.70 Å². The first-order valence-electron chi connectivity index (χ1n) is 5.11. The molecule has 1 aromatic rings. The molecule has 0 spiro atoms. The molecule has 0 atom stereocenters. The van der Waals surface area contributed by atoms with E-state index in [1.807, 2.05) is 30.3 Å². The SMILES string of the molecule is ON1C(c2ccccc2)=NO/C1=C1\C=CC=N1. The maximum atomic E-state index is 9.97. The van der Waals surface area contributed by atoms with Crippen molar-refractivity contribution in [3.8, 4) is 0 Å². The van der Waals surface area contributed by atoms with Crippen LogP contribution in [0, 0.1) is 0 Å². The Morgan fingerprint density at radius 1 is 1.18 bits per heavy atom. The minimum Gasteiger partial charge on any atom is -0.331 e. The standard InChI is InChI=1S/C12H9N3O2/c16-15-11(9-5-2-1-3-6-9)14-17-12(15)10-7-4-8-13-10/h1-8,16H/b12-10+. The Morgan fingerprint density at radius 3 is 2.71 bits per heavy atom. The lowest BCUT2D eigenvalue weighted by Gasteiger charge is -2.10. The molecule has 1 N–H and O–H groups in total. The molecule has 0 radical (unpaired) electrons. The van der Waals surface area contributed by atoms with Crippen LogP contribution in [0.15, 0.2) is 64.2 Å². The lowest BCUT2D eigenvalue weighted by Crippen LogP contribution is -2.23. The van der Waals surface area contributed by atoms with E-state index in [1.54, 1.807) is 18.4 Å². The van der Waals surface area contributed by atoms with Crippen molar-refractivity contribution in [3.05, 3.63) is 59.6 Å². The maximum Gasteiger partial charge on any atom is 0.281 e. The first-order valence-corrected chi connectivity index (χ1v) is 5.11. The molecule has 0 bridgehead atoms. The average molecular weight is 227 g/mol. The van der Waals surface area contributed by atoms with E-state index in [4.69, 9.17) is 4.84 Å². The second-order valence-electron chi connectivity index (χ2n) is 3.51. The van der Waals surface area contributed by atoms with Crippen LogP contribution in [0.2, 0.25) is 0 Å². The summed E-state index contributed by atoms with van der Waals surface area (Å²) in [5, 5.41) is 14.7. The molecule has 0 unspecified atom stereocenters. The number of aliphatic imine (C=N–C) groups is 1. The van der Waals surface area contributed by atoms with Crippen molar-refractivity contribution in [3.63, 3.8) is 0 Å². The molecule has 5 nitrogen and oxygen atoms in total. The van der Waals surface area contributed by atoms with Gasteiger partial charge in [-0.1, -0.05) is 35.5 Å². The summed E-state index contributed by atoms with van der Waals surface area (Å²) in [7, 11) is 0. The third kappa shape index (κ3) is 1.62. The quantitative estimate of drug-likeness (QED) is 0.796. The molecular formula is C12H9N3O2. The van der Waals surface area contributed by atoms with Crippen LogP contribution in [0.1, 0.15) is 5.56 Å². The van der Waals surface area contributed by atoms with Crippen LogP contribution >= 0.6 is 0 Å². The van der Waals surface area contributed by atoms with Crippen LogP contribution in [0.4, 0.5) is 0 Å². The van der Waals surface area contributed by atoms with E-state index in [-0.39, 0.29) is 5.88 Å². The summed E-state index contributed by atoms with van der Waals surface area (Å²) < 4.78 is 0. The first kappa shape index (κ1) is 9.80. The predicted octanol–water partition coefficient (Wildman–Crippen LogP) is 1.88. The summed E-state index contributed by atoms with van der Waals surface area (Å²) in [5.74, 6) is 0.567. The number of hydrogen-bond acceptors (Lipinski definition) is 5. The number of allylic oxidation sites excluding steroid dienone is 2. The molecule has 17 heavy (non-hydrogen) atoms. The fourth-order valence-electron chi connectivity index (χ4n) is 1.60. The second-order valence-corrected chi connectivity index (χ2v) is 3.51. The maximum absolute atomic E-state index is 9.97. The Hall–Kier alpha value is -2.40. The molecule has 0 saturated carbocycles. The molecular weight excluding hydrogens is 218 g/mol. The Morgan fingerprint density at radius 2 is 2.00 bits per heavy atom. The summed E-state index contributed by atoms with van der Waals surface area (Å²) in [5.41, 5.74) is 1.32. The Kier molecular flexibility index (Phi) is 2.23. The van der Waals surface area contributed by atoms with Gasteiger partial charge in [0.05, 0.1) is 0 Å². The van der Waals surface area contributed by atoms with Gasteiger partial charge in [0.2, 0.25) is 5.84 Å². The normalized spacial score (nSPS) is 21.9. The molecule has 84 valence electrons. The van der Waals surface area contributed by atoms with Gasteiger partial charge in [-0.25, -0.2) is 0 Å². The minimum absolute atomic E-state index is 0.217. The molecule has 0 aromatic heterocycles. The van der Waals surface area contributed by atoms with Gasteiger partial charge in [-0.15, -0.1) is 0 Å². The summed E-state index contributed by atoms with van der Waals surface area (Å²) in [4.78, 5) is 9.13. The Labute approximate surface area is 97.6 Å². The van der Waals surface area contributed by atoms with Crippen LogP contribution in [-0.2, 0) is 4.84 Å². The summed E-state index contributed by atoms with van der Waals surface area (Å²) in [6.45, 7) is 0. The fourth-order valence-corrected chi connectivity index (χ4v) is 1.60. The predicted molar refractivity (Wildman–Crippen MR) is 62.3 cm³/mol. The monoisotopic (exact) mass is 227 g/mol. The highest BCUT2D eigenvalue weighted by molar-refractivity contribution is 5.99. The molecule has 0 amide bonds. The van der Waals surface area contributed by atoms with Crippen molar-refractivity contribution in [2.24, 2.45) is 10.1 Å². The smallest absolute Gasteiger partial charge is 0.281 e. The van der Waals surface area contributed by atoms with Crippen molar-refractivity contribution in [1.29, 1.82) is 0 Å². The Bertz CT molecular complexity index is 544. The molecule has 2 aliphatic rings. The molecule has 2 heterocycles.